The monoisotopic (exact) mass is 241 g/mol. The SMILES string of the molecule is CN1CCCC(CC2C(F)=CC=CC2(C)F)C1. The minimum Gasteiger partial charge on any atom is -0.306 e. The molecule has 0 saturated carbocycles. The molecule has 2 aliphatic rings. The van der Waals surface area contributed by atoms with Crippen LogP contribution in [0.5, 0.6) is 0 Å². The number of likely N-dealkylation sites (tertiary alicyclic amines) is 1. The van der Waals surface area contributed by atoms with Gasteiger partial charge in [-0.3, -0.25) is 0 Å². The lowest BCUT2D eigenvalue weighted by atomic mass is 9.78. The lowest BCUT2D eigenvalue weighted by molar-refractivity contribution is 0.112. The second-order valence-electron chi connectivity index (χ2n) is 5.62. The van der Waals surface area contributed by atoms with E-state index >= 15 is 0 Å². The van der Waals surface area contributed by atoms with Crippen molar-refractivity contribution in [2.75, 3.05) is 20.1 Å². The van der Waals surface area contributed by atoms with Crippen molar-refractivity contribution >= 4 is 0 Å². The first kappa shape index (κ1) is 12.7. The molecule has 0 radical (unpaired) electrons. The molecule has 0 bridgehead atoms. The summed E-state index contributed by atoms with van der Waals surface area (Å²) in [6.45, 7) is 3.54. The Hall–Kier alpha value is -0.700. The number of alkyl halides is 1. The number of hydrogen-bond donors (Lipinski definition) is 0. The summed E-state index contributed by atoms with van der Waals surface area (Å²) in [5.41, 5.74) is -1.53. The predicted molar refractivity (Wildman–Crippen MR) is 66.2 cm³/mol. The van der Waals surface area contributed by atoms with Crippen LogP contribution in [0.1, 0.15) is 26.2 Å². The fraction of sp³-hybridized carbons (Fsp3) is 0.714. The Kier molecular flexibility index (Phi) is 3.67. The third-order valence-electron chi connectivity index (χ3n) is 3.98. The summed E-state index contributed by atoms with van der Waals surface area (Å²) in [6.07, 6.45) is 7.21. The van der Waals surface area contributed by atoms with Gasteiger partial charge in [0.25, 0.3) is 0 Å². The topological polar surface area (TPSA) is 3.24 Å². The van der Waals surface area contributed by atoms with Crippen LogP contribution in [0.25, 0.3) is 0 Å². The molecule has 2 rings (SSSR count). The highest BCUT2D eigenvalue weighted by Crippen LogP contribution is 2.39. The third-order valence-corrected chi connectivity index (χ3v) is 3.98. The fourth-order valence-corrected chi connectivity index (χ4v) is 2.97. The van der Waals surface area contributed by atoms with Crippen molar-refractivity contribution in [3.63, 3.8) is 0 Å². The molecule has 96 valence electrons. The maximum atomic E-state index is 14.3. The van der Waals surface area contributed by atoms with E-state index in [9.17, 15) is 8.78 Å². The number of nitrogens with zero attached hydrogens (tertiary/aromatic N) is 1. The van der Waals surface area contributed by atoms with Gasteiger partial charge in [0.05, 0.1) is 0 Å². The summed E-state index contributed by atoms with van der Waals surface area (Å²) in [5.74, 6) is -0.478. The summed E-state index contributed by atoms with van der Waals surface area (Å²) in [6, 6.07) is 0. The van der Waals surface area contributed by atoms with Crippen molar-refractivity contribution in [3.8, 4) is 0 Å². The van der Waals surface area contributed by atoms with Crippen LogP contribution in [0.2, 0.25) is 0 Å². The second-order valence-corrected chi connectivity index (χ2v) is 5.62. The van der Waals surface area contributed by atoms with E-state index in [4.69, 9.17) is 0 Å². The van der Waals surface area contributed by atoms with E-state index in [0.717, 1.165) is 25.9 Å². The van der Waals surface area contributed by atoms with E-state index in [0.29, 0.717) is 12.3 Å². The molecular formula is C14H21F2N. The van der Waals surface area contributed by atoms with E-state index in [1.54, 1.807) is 0 Å². The smallest absolute Gasteiger partial charge is 0.135 e. The van der Waals surface area contributed by atoms with E-state index in [1.165, 1.54) is 25.2 Å². The Balaban J connectivity index is 2.02. The standard InChI is InChI=1S/C14H21F2N/c1-14(16)7-3-6-13(15)12(14)9-11-5-4-8-17(2)10-11/h3,6-7,11-12H,4-5,8-10H2,1-2H3. The molecule has 17 heavy (non-hydrogen) atoms. The molecule has 3 heteroatoms. The first-order chi connectivity index (χ1) is 7.99. The van der Waals surface area contributed by atoms with Gasteiger partial charge in [-0.2, -0.15) is 0 Å². The molecule has 1 aliphatic carbocycles. The number of rotatable bonds is 2. The second kappa shape index (κ2) is 4.89. The van der Waals surface area contributed by atoms with E-state index in [1.807, 2.05) is 0 Å². The highest BCUT2D eigenvalue weighted by molar-refractivity contribution is 5.24. The Labute approximate surface area is 102 Å². The Morgan fingerprint density at radius 1 is 1.53 bits per heavy atom. The van der Waals surface area contributed by atoms with Crippen LogP contribution in [0.4, 0.5) is 8.78 Å². The highest BCUT2D eigenvalue weighted by atomic mass is 19.1. The van der Waals surface area contributed by atoms with Crippen molar-refractivity contribution in [2.24, 2.45) is 11.8 Å². The molecule has 1 saturated heterocycles. The Morgan fingerprint density at radius 2 is 2.29 bits per heavy atom. The summed E-state index contributed by atoms with van der Waals surface area (Å²) >= 11 is 0. The van der Waals surface area contributed by atoms with Crippen molar-refractivity contribution < 1.29 is 8.78 Å². The van der Waals surface area contributed by atoms with Crippen molar-refractivity contribution in [3.05, 3.63) is 24.1 Å². The summed E-state index contributed by atoms with van der Waals surface area (Å²) in [5, 5.41) is 0. The first-order valence-electron chi connectivity index (χ1n) is 6.41. The van der Waals surface area contributed by atoms with E-state index in [-0.39, 0.29) is 5.83 Å². The fourth-order valence-electron chi connectivity index (χ4n) is 2.97. The van der Waals surface area contributed by atoms with Crippen LogP contribution in [0.3, 0.4) is 0 Å². The summed E-state index contributed by atoms with van der Waals surface area (Å²) in [7, 11) is 2.08. The molecule has 0 aromatic carbocycles. The van der Waals surface area contributed by atoms with E-state index < -0.39 is 11.6 Å². The molecule has 1 nitrogen and oxygen atoms in total. The summed E-state index contributed by atoms with van der Waals surface area (Å²) in [4.78, 5) is 2.25. The molecule has 1 aliphatic heterocycles. The zero-order valence-electron chi connectivity index (χ0n) is 10.6. The average Bonchev–Trinajstić information content (AvgIpc) is 2.23. The zero-order chi connectivity index (χ0) is 12.5. The minimum atomic E-state index is -1.53. The maximum absolute atomic E-state index is 14.3. The number of piperidine rings is 1. The van der Waals surface area contributed by atoms with Gasteiger partial charge in [0.2, 0.25) is 0 Å². The van der Waals surface area contributed by atoms with Gasteiger partial charge in [-0.1, -0.05) is 6.08 Å². The Morgan fingerprint density at radius 3 is 2.94 bits per heavy atom. The third kappa shape index (κ3) is 2.95. The normalized spacial score (nSPS) is 39.2. The number of halogens is 2. The van der Waals surface area contributed by atoms with Crippen LogP contribution in [-0.2, 0) is 0 Å². The van der Waals surface area contributed by atoms with E-state index in [2.05, 4.69) is 11.9 Å². The molecule has 1 heterocycles. The van der Waals surface area contributed by atoms with Crippen LogP contribution in [-0.4, -0.2) is 30.7 Å². The van der Waals surface area contributed by atoms with Gasteiger partial charge in [-0.25, -0.2) is 8.78 Å². The van der Waals surface area contributed by atoms with Gasteiger partial charge in [-0.05, 0) is 57.8 Å². The van der Waals surface area contributed by atoms with Gasteiger partial charge in [-0.15, -0.1) is 0 Å². The van der Waals surface area contributed by atoms with Gasteiger partial charge in [0.1, 0.15) is 11.5 Å². The maximum Gasteiger partial charge on any atom is 0.135 e. The van der Waals surface area contributed by atoms with Crippen LogP contribution < -0.4 is 0 Å². The lowest BCUT2D eigenvalue weighted by Gasteiger charge is -2.35. The number of hydrogen-bond acceptors (Lipinski definition) is 1. The molecule has 0 spiro atoms. The first-order valence-corrected chi connectivity index (χ1v) is 6.41. The quantitative estimate of drug-likeness (QED) is 0.715. The molecule has 0 amide bonds. The van der Waals surface area contributed by atoms with Crippen molar-refractivity contribution in [1.29, 1.82) is 0 Å². The predicted octanol–water partition coefficient (Wildman–Crippen LogP) is 3.49. The summed E-state index contributed by atoms with van der Waals surface area (Å²) < 4.78 is 28.0. The minimum absolute atomic E-state index is 0.300. The molecule has 0 N–H and O–H groups in total. The Bertz CT molecular complexity index is 333. The van der Waals surface area contributed by atoms with Crippen LogP contribution in [0, 0.1) is 11.8 Å². The average molecular weight is 241 g/mol. The van der Waals surface area contributed by atoms with Crippen molar-refractivity contribution in [2.45, 2.75) is 31.9 Å². The molecular weight excluding hydrogens is 220 g/mol. The molecule has 3 unspecified atom stereocenters. The van der Waals surface area contributed by atoms with Gasteiger partial charge in [0, 0.05) is 12.5 Å². The van der Waals surface area contributed by atoms with Crippen molar-refractivity contribution in [1.82, 2.24) is 4.90 Å². The largest absolute Gasteiger partial charge is 0.306 e. The molecule has 3 atom stereocenters. The van der Waals surface area contributed by atoms with Crippen LogP contribution in [0.15, 0.2) is 24.1 Å². The highest BCUT2D eigenvalue weighted by Gasteiger charge is 2.38. The molecule has 0 aromatic heterocycles. The number of allylic oxidation sites excluding steroid dienone is 4. The zero-order valence-corrected chi connectivity index (χ0v) is 10.6. The molecule has 1 fully saturated rings. The van der Waals surface area contributed by atoms with Gasteiger partial charge >= 0.3 is 0 Å². The van der Waals surface area contributed by atoms with Crippen LogP contribution >= 0.6 is 0 Å². The van der Waals surface area contributed by atoms with Gasteiger partial charge in [0.15, 0.2) is 0 Å². The van der Waals surface area contributed by atoms with Gasteiger partial charge < -0.3 is 4.90 Å². The lowest BCUT2D eigenvalue weighted by Crippen LogP contribution is -2.37. The molecule has 0 aromatic rings.